The van der Waals surface area contributed by atoms with E-state index < -0.39 is 0 Å². The number of halogens is 1. The first-order valence-corrected chi connectivity index (χ1v) is 6.73. The molecule has 2 N–H and O–H groups in total. The Morgan fingerprint density at radius 1 is 1.53 bits per heavy atom. The lowest BCUT2D eigenvalue weighted by Crippen LogP contribution is -2.36. The molecule has 3 nitrogen and oxygen atoms in total. The number of rotatable bonds is 4. The lowest BCUT2D eigenvalue weighted by Gasteiger charge is -2.18. The van der Waals surface area contributed by atoms with E-state index in [-0.39, 0.29) is 18.0 Å². The maximum Gasteiger partial charge on any atom is 0.220 e. The SMILES string of the molecule is C[C@@H](NCC1CCC(=O)N1)c1ccccc1Br. The van der Waals surface area contributed by atoms with E-state index >= 15 is 0 Å². The van der Waals surface area contributed by atoms with Crippen molar-refractivity contribution in [1.29, 1.82) is 0 Å². The average Bonchev–Trinajstić information content (AvgIpc) is 2.73. The van der Waals surface area contributed by atoms with Crippen molar-refractivity contribution in [3.63, 3.8) is 0 Å². The predicted molar refractivity (Wildman–Crippen MR) is 71.7 cm³/mol. The Labute approximate surface area is 110 Å². The van der Waals surface area contributed by atoms with Crippen molar-refractivity contribution in [2.45, 2.75) is 31.8 Å². The topological polar surface area (TPSA) is 41.1 Å². The van der Waals surface area contributed by atoms with Crippen LogP contribution in [0.2, 0.25) is 0 Å². The van der Waals surface area contributed by atoms with Crippen LogP contribution in [0.1, 0.15) is 31.4 Å². The van der Waals surface area contributed by atoms with Crippen LogP contribution in [0, 0.1) is 0 Å². The van der Waals surface area contributed by atoms with E-state index in [1.54, 1.807) is 0 Å². The maximum atomic E-state index is 11.1. The monoisotopic (exact) mass is 296 g/mol. The molecule has 17 heavy (non-hydrogen) atoms. The highest BCUT2D eigenvalue weighted by Gasteiger charge is 2.21. The van der Waals surface area contributed by atoms with Gasteiger partial charge in [0.05, 0.1) is 0 Å². The van der Waals surface area contributed by atoms with Gasteiger partial charge in [0.25, 0.3) is 0 Å². The van der Waals surface area contributed by atoms with Crippen LogP contribution in [-0.4, -0.2) is 18.5 Å². The van der Waals surface area contributed by atoms with E-state index in [1.807, 2.05) is 18.2 Å². The van der Waals surface area contributed by atoms with Gasteiger partial charge in [-0.2, -0.15) is 0 Å². The molecule has 1 aliphatic heterocycles. The van der Waals surface area contributed by atoms with Gasteiger partial charge in [0.15, 0.2) is 0 Å². The summed E-state index contributed by atoms with van der Waals surface area (Å²) in [7, 11) is 0. The highest BCUT2D eigenvalue weighted by Crippen LogP contribution is 2.22. The van der Waals surface area contributed by atoms with Crippen LogP contribution in [0.3, 0.4) is 0 Å². The minimum absolute atomic E-state index is 0.172. The molecule has 1 heterocycles. The Bertz CT molecular complexity index is 408. The third kappa shape index (κ3) is 3.30. The van der Waals surface area contributed by atoms with Crippen molar-refractivity contribution in [3.8, 4) is 0 Å². The molecule has 1 fully saturated rings. The Morgan fingerprint density at radius 3 is 2.94 bits per heavy atom. The summed E-state index contributed by atoms with van der Waals surface area (Å²) < 4.78 is 1.12. The van der Waals surface area contributed by atoms with Gasteiger partial charge in [-0.1, -0.05) is 34.1 Å². The fourth-order valence-corrected chi connectivity index (χ4v) is 2.71. The fraction of sp³-hybridized carbons (Fsp3) is 0.462. The number of amides is 1. The molecule has 0 spiro atoms. The van der Waals surface area contributed by atoms with Crippen LogP contribution in [0.5, 0.6) is 0 Å². The van der Waals surface area contributed by atoms with Gasteiger partial charge in [-0.15, -0.1) is 0 Å². The number of carbonyl (C=O) groups excluding carboxylic acids is 1. The molecule has 1 aromatic rings. The summed E-state index contributed by atoms with van der Waals surface area (Å²) in [5.74, 6) is 0.172. The van der Waals surface area contributed by atoms with Crippen molar-refractivity contribution in [2.75, 3.05) is 6.54 Å². The Morgan fingerprint density at radius 2 is 2.29 bits per heavy atom. The van der Waals surface area contributed by atoms with Crippen LogP contribution in [0.15, 0.2) is 28.7 Å². The van der Waals surface area contributed by atoms with E-state index in [9.17, 15) is 4.79 Å². The summed E-state index contributed by atoms with van der Waals surface area (Å²) in [6.07, 6.45) is 1.60. The van der Waals surface area contributed by atoms with Crippen LogP contribution < -0.4 is 10.6 Å². The van der Waals surface area contributed by atoms with Gasteiger partial charge in [-0.3, -0.25) is 4.79 Å². The summed E-state index contributed by atoms with van der Waals surface area (Å²) >= 11 is 3.55. The molecule has 0 aliphatic carbocycles. The highest BCUT2D eigenvalue weighted by molar-refractivity contribution is 9.10. The summed E-state index contributed by atoms with van der Waals surface area (Å²) in [6.45, 7) is 2.96. The first-order valence-electron chi connectivity index (χ1n) is 5.94. The first kappa shape index (κ1) is 12.6. The molecule has 0 aromatic heterocycles. The van der Waals surface area contributed by atoms with Crippen molar-refractivity contribution in [2.24, 2.45) is 0 Å². The minimum Gasteiger partial charge on any atom is -0.352 e. The second-order valence-electron chi connectivity index (χ2n) is 4.45. The third-order valence-electron chi connectivity index (χ3n) is 3.13. The van der Waals surface area contributed by atoms with Crippen LogP contribution in [0.25, 0.3) is 0 Å². The van der Waals surface area contributed by atoms with Gasteiger partial charge in [-0.25, -0.2) is 0 Å². The highest BCUT2D eigenvalue weighted by atomic mass is 79.9. The van der Waals surface area contributed by atoms with E-state index in [4.69, 9.17) is 0 Å². The number of hydrogen-bond donors (Lipinski definition) is 2. The molecule has 1 saturated heterocycles. The molecular weight excluding hydrogens is 280 g/mol. The van der Waals surface area contributed by atoms with E-state index in [1.165, 1.54) is 5.56 Å². The minimum atomic E-state index is 0.172. The zero-order chi connectivity index (χ0) is 12.3. The molecule has 0 radical (unpaired) electrons. The largest absolute Gasteiger partial charge is 0.352 e. The molecule has 92 valence electrons. The zero-order valence-corrected chi connectivity index (χ0v) is 11.5. The summed E-state index contributed by atoms with van der Waals surface area (Å²) in [6, 6.07) is 8.77. The van der Waals surface area contributed by atoms with Gasteiger partial charge < -0.3 is 10.6 Å². The normalized spacial score (nSPS) is 21.3. The van der Waals surface area contributed by atoms with Crippen molar-refractivity contribution < 1.29 is 4.79 Å². The summed E-state index contributed by atoms with van der Waals surface area (Å²) in [4.78, 5) is 11.1. The average molecular weight is 297 g/mol. The maximum absolute atomic E-state index is 11.1. The lowest BCUT2D eigenvalue weighted by molar-refractivity contribution is -0.119. The van der Waals surface area contributed by atoms with Crippen molar-refractivity contribution in [1.82, 2.24) is 10.6 Å². The third-order valence-corrected chi connectivity index (χ3v) is 3.85. The molecule has 0 bridgehead atoms. The van der Waals surface area contributed by atoms with Crippen LogP contribution in [0.4, 0.5) is 0 Å². The molecule has 1 aromatic carbocycles. The molecule has 1 aliphatic rings. The number of hydrogen-bond acceptors (Lipinski definition) is 2. The quantitative estimate of drug-likeness (QED) is 0.896. The van der Waals surface area contributed by atoms with E-state index in [0.717, 1.165) is 17.4 Å². The number of nitrogens with one attached hydrogen (secondary N) is 2. The molecule has 0 saturated carbocycles. The second kappa shape index (κ2) is 5.65. The molecule has 4 heteroatoms. The van der Waals surface area contributed by atoms with Gasteiger partial charge in [-0.05, 0) is 25.0 Å². The Balaban J connectivity index is 1.87. The van der Waals surface area contributed by atoms with Crippen molar-refractivity contribution in [3.05, 3.63) is 34.3 Å². The fourth-order valence-electron chi connectivity index (χ4n) is 2.09. The Hall–Kier alpha value is -0.870. The summed E-state index contributed by atoms with van der Waals surface area (Å²) in [5.41, 5.74) is 1.25. The van der Waals surface area contributed by atoms with Crippen molar-refractivity contribution >= 4 is 21.8 Å². The first-order chi connectivity index (χ1) is 8.16. The molecule has 2 rings (SSSR count). The van der Waals surface area contributed by atoms with Gasteiger partial charge in [0.1, 0.15) is 0 Å². The zero-order valence-electron chi connectivity index (χ0n) is 9.87. The molecule has 1 unspecified atom stereocenters. The van der Waals surface area contributed by atoms with E-state index in [2.05, 4.69) is 39.6 Å². The van der Waals surface area contributed by atoms with Gasteiger partial charge in [0.2, 0.25) is 5.91 Å². The van der Waals surface area contributed by atoms with Gasteiger partial charge >= 0.3 is 0 Å². The second-order valence-corrected chi connectivity index (χ2v) is 5.31. The number of carbonyl (C=O) groups is 1. The molecule has 2 atom stereocenters. The Kier molecular flexibility index (Phi) is 4.18. The lowest BCUT2D eigenvalue weighted by atomic mass is 10.1. The number of benzene rings is 1. The molecule has 1 amide bonds. The predicted octanol–water partition coefficient (Wildman–Crippen LogP) is 2.38. The van der Waals surface area contributed by atoms with E-state index in [0.29, 0.717) is 6.42 Å². The standard InChI is InChI=1S/C13H17BrN2O/c1-9(11-4-2-3-5-12(11)14)15-8-10-6-7-13(17)16-10/h2-5,9-10,15H,6-8H2,1H3,(H,16,17)/t9-,10?/m1/s1. The summed E-state index contributed by atoms with van der Waals surface area (Å²) in [5, 5.41) is 6.42. The molecular formula is C13H17BrN2O. The van der Waals surface area contributed by atoms with Gasteiger partial charge in [0, 0.05) is 29.5 Å². The van der Waals surface area contributed by atoms with Crippen LogP contribution in [-0.2, 0) is 4.79 Å². The smallest absolute Gasteiger partial charge is 0.220 e. The van der Waals surface area contributed by atoms with Crippen LogP contribution >= 0.6 is 15.9 Å².